The van der Waals surface area contributed by atoms with Crippen LogP contribution in [0.15, 0.2) is 22.7 Å². The van der Waals surface area contributed by atoms with Crippen molar-refractivity contribution in [2.45, 2.75) is 39.7 Å². The molecular weight excluding hydrogens is 336 g/mol. The highest BCUT2D eigenvalue weighted by atomic mass is 79.9. The first-order valence-corrected chi connectivity index (χ1v) is 7.65. The Morgan fingerprint density at radius 1 is 1.33 bits per heavy atom. The first kappa shape index (κ1) is 17.5. The van der Waals surface area contributed by atoms with Gasteiger partial charge in [-0.25, -0.2) is 4.79 Å². The number of aryl methyl sites for hydroxylation is 1. The number of aliphatic carboxylic acids is 1. The van der Waals surface area contributed by atoms with Gasteiger partial charge in [0, 0.05) is 29.2 Å². The Bertz CT molecular complexity index is 497. The Hall–Kier alpha value is -1.56. The van der Waals surface area contributed by atoms with E-state index in [0.29, 0.717) is 13.0 Å². The number of benzene rings is 1. The summed E-state index contributed by atoms with van der Waals surface area (Å²) in [5.41, 5.74) is 1.76. The van der Waals surface area contributed by atoms with Gasteiger partial charge in [0.15, 0.2) is 0 Å². The number of nitrogens with one attached hydrogen (secondary N) is 1. The lowest BCUT2D eigenvalue weighted by molar-refractivity contribution is -0.137. The molecule has 0 aliphatic carbocycles. The number of anilines is 1. The third kappa shape index (κ3) is 6.16. The molecule has 0 aliphatic heterocycles. The van der Waals surface area contributed by atoms with Crippen molar-refractivity contribution in [2.75, 3.05) is 11.9 Å². The Balaban J connectivity index is 2.70. The van der Waals surface area contributed by atoms with Gasteiger partial charge in [-0.3, -0.25) is 4.79 Å². The molecular formula is C15H21BrN2O3. The molecule has 116 valence electrons. The minimum atomic E-state index is -0.846. The molecule has 1 aromatic carbocycles. The lowest BCUT2D eigenvalue weighted by Gasteiger charge is -2.27. The standard InChI is InChI=1S/C15H21BrN2O3/c1-10(2)18(6-4-5-14(19)20)15(21)17-13-8-11(3)7-12(16)9-13/h7-10H,4-6H2,1-3H3,(H,17,21)(H,19,20). The maximum absolute atomic E-state index is 12.3. The second kappa shape index (κ2) is 8.02. The molecule has 5 nitrogen and oxygen atoms in total. The third-order valence-electron chi connectivity index (χ3n) is 2.97. The van der Waals surface area contributed by atoms with Crippen LogP contribution >= 0.6 is 15.9 Å². The van der Waals surface area contributed by atoms with Gasteiger partial charge in [0.2, 0.25) is 0 Å². The largest absolute Gasteiger partial charge is 0.481 e. The molecule has 1 aromatic rings. The van der Waals surface area contributed by atoms with Crippen LogP contribution < -0.4 is 5.32 Å². The van der Waals surface area contributed by atoms with Gasteiger partial charge >= 0.3 is 12.0 Å². The van der Waals surface area contributed by atoms with Crippen LogP contribution in [0.5, 0.6) is 0 Å². The van der Waals surface area contributed by atoms with Crippen LogP contribution in [0.1, 0.15) is 32.3 Å². The van der Waals surface area contributed by atoms with Crippen LogP contribution in [0.3, 0.4) is 0 Å². The van der Waals surface area contributed by atoms with Gasteiger partial charge in [0.25, 0.3) is 0 Å². The molecule has 0 aromatic heterocycles. The lowest BCUT2D eigenvalue weighted by atomic mass is 10.2. The number of rotatable bonds is 6. The number of carboxylic acid groups (broad SMARTS) is 1. The smallest absolute Gasteiger partial charge is 0.322 e. The van der Waals surface area contributed by atoms with Crippen LogP contribution in [0.2, 0.25) is 0 Å². The van der Waals surface area contributed by atoms with E-state index in [0.717, 1.165) is 15.7 Å². The summed E-state index contributed by atoms with van der Waals surface area (Å²) in [4.78, 5) is 24.5. The first-order valence-electron chi connectivity index (χ1n) is 6.86. The zero-order chi connectivity index (χ0) is 16.0. The number of carboxylic acids is 1. The zero-order valence-electron chi connectivity index (χ0n) is 12.5. The number of carbonyl (C=O) groups excluding carboxylic acids is 1. The van der Waals surface area contributed by atoms with Gasteiger partial charge in [0.05, 0.1) is 0 Å². The maximum atomic E-state index is 12.3. The summed E-state index contributed by atoms with van der Waals surface area (Å²) in [5, 5.41) is 11.5. The summed E-state index contributed by atoms with van der Waals surface area (Å²) in [5.74, 6) is -0.846. The summed E-state index contributed by atoms with van der Waals surface area (Å²) >= 11 is 3.40. The molecule has 0 unspecified atom stereocenters. The fraction of sp³-hybridized carbons (Fsp3) is 0.467. The second-order valence-electron chi connectivity index (χ2n) is 5.23. The van der Waals surface area contributed by atoms with Crippen molar-refractivity contribution < 1.29 is 14.7 Å². The number of hydrogen-bond donors (Lipinski definition) is 2. The molecule has 2 amide bonds. The summed E-state index contributed by atoms with van der Waals surface area (Å²) in [6.07, 6.45) is 0.505. The average Bonchev–Trinajstić information content (AvgIpc) is 2.32. The van der Waals surface area contributed by atoms with E-state index >= 15 is 0 Å². The number of carbonyl (C=O) groups is 2. The van der Waals surface area contributed by atoms with Crippen molar-refractivity contribution >= 4 is 33.6 Å². The number of urea groups is 1. The maximum Gasteiger partial charge on any atom is 0.322 e. The molecule has 0 spiro atoms. The molecule has 2 N–H and O–H groups in total. The van der Waals surface area contributed by atoms with Gasteiger partial charge in [-0.05, 0) is 51.0 Å². The van der Waals surface area contributed by atoms with E-state index in [1.54, 1.807) is 4.90 Å². The predicted molar refractivity (Wildman–Crippen MR) is 86.6 cm³/mol. The van der Waals surface area contributed by atoms with Gasteiger partial charge in [-0.2, -0.15) is 0 Å². The Kier molecular flexibility index (Phi) is 6.68. The molecule has 0 fully saturated rings. The summed E-state index contributed by atoms with van der Waals surface area (Å²) in [6.45, 7) is 6.19. The Morgan fingerprint density at radius 2 is 2.00 bits per heavy atom. The Morgan fingerprint density at radius 3 is 2.52 bits per heavy atom. The topological polar surface area (TPSA) is 69.6 Å². The van der Waals surface area contributed by atoms with Gasteiger partial charge in [-0.15, -0.1) is 0 Å². The van der Waals surface area contributed by atoms with E-state index in [1.807, 2.05) is 39.0 Å². The van der Waals surface area contributed by atoms with Crippen LogP contribution in [0, 0.1) is 6.92 Å². The zero-order valence-corrected chi connectivity index (χ0v) is 14.1. The van der Waals surface area contributed by atoms with Crippen LogP contribution in [-0.4, -0.2) is 34.6 Å². The molecule has 21 heavy (non-hydrogen) atoms. The van der Waals surface area contributed by atoms with Gasteiger partial charge in [0.1, 0.15) is 0 Å². The minimum absolute atomic E-state index is 0.00652. The SMILES string of the molecule is Cc1cc(Br)cc(NC(=O)N(CCCC(=O)O)C(C)C)c1. The number of nitrogens with zero attached hydrogens (tertiary/aromatic N) is 1. The molecule has 0 aliphatic rings. The Labute approximate surface area is 133 Å². The average molecular weight is 357 g/mol. The molecule has 1 rings (SSSR count). The molecule has 0 heterocycles. The fourth-order valence-electron chi connectivity index (χ4n) is 2.00. The summed E-state index contributed by atoms with van der Waals surface area (Å²) in [6, 6.07) is 5.47. The van der Waals surface area contributed by atoms with Crippen molar-refractivity contribution in [1.82, 2.24) is 4.90 Å². The second-order valence-corrected chi connectivity index (χ2v) is 6.15. The van der Waals surface area contributed by atoms with E-state index in [2.05, 4.69) is 21.2 Å². The fourth-order valence-corrected chi connectivity index (χ4v) is 2.61. The van der Waals surface area contributed by atoms with E-state index < -0.39 is 5.97 Å². The van der Waals surface area contributed by atoms with Crippen molar-refractivity contribution in [2.24, 2.45) is 0 Å². The predicted octanol–water partition coefficient (Wildman–Crippen LogP) is 3.86. The highest BCUT2D eigenvalue weighted by molar-refractivity contribution is 9.10. The van der Waals surface area contributed by atoms with Crippen molar-refractivity contribution in [3.63, 3.8) is 0 Å². The third-order valence-corrected chi connectivity index (χ3v) is 3.43. The van der Waals surface area contributed by atoms with Crippen LogP contribution in [-0.2, 0) is 4.79 Å². The van der Waals surface area contributed by atoms with Crippen LogP contribution in [0.4, 0.5) is 10.5 Å². The number of halogens is 1. The summed E-state index contributed by atoms with van der Waals surface area (Å²) < 4.78 is 0.903. The van der Waals surface area contributed by atoms with E-state index in [9.17, 15) is 9.59 Å². The lowest BCUT2D eigenvalue weighted by Crippen LogP contribution is -2.40. The van der Waals surface area contributed by atoms with Gasteiger partial charge in [-0.1, -0.05) is 15.9 Å². The van der Waals surface area contributed by atoms with Crippen molar-refractivity contribution in [3.05, 3.63) is 28.2 Å². The molecule has 6 heteroatoms. The van der Waals surface area contributed by atoms with Crippen molar-refractivity contribution in [3.8, 4) is 0 Å². The van der Waals surface area contributed by atoms with Gasteiger partial charge < -0.3 is 15.3 Å². The highest BCUT2D eigenvalue weighted by Crippen LogP contribution is 2.19. The van der Waals surface area contributed by atoms with Crippen LogP contribution in [0.25, 0.3) is 0 Å². The minimum Gasteiger partial charge on any atom is -0.481 e. The quantitative estimate of drug-likeness (QED) is 0.812. The first-order chi connectivity index (χ1) is 9.79. The summed E-state index contributed by atoms with van der Waals surface area (Å²) in [7, 11) is 0. The molecule has 0 atom stereocenters. The van der Waals surface area contributed by atoms with E-state index in [1.165, 1.54) is 0 Å². The number of amides is 2. The van der Waals surface area contributed by atoms with E-state index in [-0.39, 0.29) is 18.5 Å². The normalized spacial score (nSPS) is 10.5. The molecule has 0 radical (unpaired) electrons. The molecule has 0 saturated heterocycles. The van der Waals surface area contributed by atoms with Crippen molar-refractivity contribution in [1.29, 1.82) is 0 Å². The highest BCUT2D eigenvalue weighted by Gasteiger charge is 2.17. The van der Waals surface area contributed by atoms with E-state index in [4.69, 9.17) is 5.11 Å². The molecule has 0 bridgehead atoms. The molecule has 0 saturated carbocycles. The monoisotopic (exact) mass is 356 g/mol. The number of hydrogen-bond acceptors (Lipinski definition) is 2.